The van der Waals surface area contributed by atoms with Crippen molar-refractivity contribution in [3.63, 3.8) is 0 Å². The molecule has 5 N–H and O–H groups in total. The molecule has 1 heterocycles. The Balaban J connectivity index is -0.000000221. The van der Waals surface area contributed by atoms with Crippen LogP contribution >= 0.6 is 57.6 Å². The van der Waals surface area contributed by atoms with Crippen LogP contribution in [-0.2, 0) is 78.2 Å². The molecule has 3 unspecified atom stereocenters. The lowest BCUT2D eigenvalue weighted by atomic mass is 10.1. The highest BCUT2D eigenvalue weighted by Gasteiger charge is 2.21. The van der Waals surface area contributed by atoms with Crippen LogP contribution in [0, 0.1) is 17.8 Å². The van der Waals surface area contributed by atoms with E-state index in [1.54, 1.807) is 75.4 Å². The van der Waals surface area contributed by atoms with Gasteiger partial charge in [-0.25, -0.2) is 4.57 Å². The van der Waals surface area contributed by atoms with Crippen LogP contribution in [0.4, 0.5) is 17.1 Å². The van der Waals surface area contributed by atoms with Crippen LogP contribution in [0.1, 0.15) is 209 Å². The normalized spacial score (nSPS) is 11.4. The third-order valence-electron chi connectivity index (χ3n) is 13.4. The molecule has 5 amide bonds. The molecule has 548 valence electrons. The van der Waals surface area contributed by atoms with Gasteiger partial charge in [0.1, 0.15) is 11.6 Å². The van der Waals surface area contributed by atoms with Crippen molar-refractivity contribution in [2.45, 2.75) is 180 Å². The quantitative estimate of drug-likeness (QED) is 0.0173. The maximum atomic E-state index is 13.4. The van der Waals surface area contributed by atoms with E-state index in [0.717, 1.165) is 70.5 Å². The zero-order valence-corrected chi connectivity index (χ0v) is 60.3. The van der Waals surface area contributed by atoms with Gasteiger partial charge in [-0.3, -0.25) is 75.5 Å². The molecule has 0 spiro atoms. The molecular weight excluding hydrogens is 1380 g/mol. The van der Waals surface area contributed by atoms with Gasteiger partial charge in [0.25, 0.3) is 72.5 Å². The lowest BCUT2D eigenvalue weighted by Gasteiger charge is -2.18. The van der Waals surface area contributed by atoms with Crippen molar-refractivity contribution in [2.75, 3.05) is 68.3 Å². The molecular formula is C65H111N8O17P7. The number of fused-ring (bicyclic) bond motifs is 1. The second-order valence-corrected chi connectivity index (χ2v) is 23.9. The number of carbonyl (C=O) groups excluding carboxylic acids is 9. The van der Waals surface area contributed by atoms with Crippen molar-refractivity contribution in [1.82, 2.24) is 20.4 Å². The van der Waals surface area contributed by atoms with Crippen molar-refractivity contribution in [3.05, 3.63) is 88.5 Å². The van der Waals surface area contributed by atoms with Crippen molar-refractivity contribution in [2.24, 2.45) is 22.7 Å². The van der Waals surface area contributed by atoms with E-state index in [0.29, 0.717) is 53.6 Å². The standard InChI is InChI=1S/C42H54N8O6.2C6H12O.C5H9O3P.6CH4.3O2P2/c1-6-49(7-2)20-10-18-43-39(53)32-22-33(40(54)44-19-11-21-50(8-3)9-4)24-35(23-32)47-41(55)30-14-12-29(13-15-30)27-45-38(28(5)51)42(56)46-34-17-16-31-25-37(52)48-36(31)26-34;2*1-4-5(2)6(3)7;1-3-4(2)5(6)8-9-7;;;;;;;3*1-3-4-2/h12-17,22-24,26H,6-11,18-21,25,27H2,1-5H3,(H,43,53)(H,44,54)(H,46,56)(H,47,55)(H,48,52);2*5H,4H2,1-3H3;4H,3H2,1-2H3;6*1H4;;;. The predicted octanol–water partition coefficient (Wildman–Crippen LogP) is 17.8. The van der Waals surface area contributed by atoms with Gasteiger partial charge in [0.05, 0.1) is 18.9 Å². The molecule has 0 aliphatic carbocycles. The minimum atomic E-state index is -0.680. The Kier molecular flexibility index (Phi) is 77.0. The van der Waals surface area contributed by atoms with Gasteiger partial charge >= 0.3 is 14.7 Å². The molecule has 0 aromatic heterocycles. The summed E-state index contributed by atoms with van der Waals surface area (Å²) in [5.74, 6) is -1.92. The highest BCUT2D eigenvalue weighted by molar-refractivity contribution is 7.99. The first-order chi connectivity index (χ1) is 43.3. The molecule has 32 heteroatoms. The molecule has 3 atom stereocenters. The van der Waals surface area contributed by atoms with Crippen LogP contribution in [0.25, 0.3) is 0 Å². The summed E-state index contributed by atoms with van der Waals surface area (Å²) in [4.78, 5) is 117. The smallest absolute Gasteiger partial charge is 0.373 e. The lowest BCUT2D eigenvalue weighted by Crippen LogP contribution is -2.31. The summed E-state index contributed by atoms with van der Waals surface area (Å²) in [5, 5.41) is 14.1. The van der Waals surface area contributed by atoms with Crippen molar-refractivity contribution in [3.8, 4) is 0 Å². The number of Topliss-reactive ketones (excluding diaryl/α,β-unsaturated/α-hetero) is 3. The van der Waals surface area contributed by atoms with Gasteiger partial charge in [-0.2, -0.15) is 0 Å². The average molecular weight is 1490 g/mol. The second-order valence-electron chi connectivity index (χ2n) is 19.6. The van der Waals surface area contributed by atoms with Crippen molar-refractivity contribution >= 4 is 133 Å². The molecule has 0 radical (unpaired) electrons. The number of anilines is 3. The van der Waals surface area contributed by atoms with Gasteiger partial charge in [0.2, 0.25) is 5.91 Å². The van der Waals surface area contributed by atoms with E-state index in [9.17, 15) is 47.7 Å². The van der Waals surface area contributed by atoms with Crippen molar-refractivity contribution in [1.29, 1.82) is 0 Å². The third kappa shape index (κ3) is 51.6. The fourth-order valence-corrected chi connectivity index (χ4v) is 7.34. The molecule has 0 bridgehead atoms. The zero-order valence-electron chi connectivity index (χ0n) is 54.0. The van der Waals surface area contributed by atoms with E-state index in [2.05, 4.69) is 73.6 Å². The fraction of sp³-hybridized carbons (Fsp3) is 0.569. The Bertz CT molecular complexity index is 2770. The van der Waals surface area contributed by atoms with Crippen LogP contribution < -0.4 is 26.6 Å². The Morgan fingerprint density at radius 2 is 0.938 bits per heavy atom. The molecule has 0 saturated carbocycles. The predicted molar refractivity (Wildman–Crippen MR) is 399 cm³/mol. The second kappa shape index (κ2) is 68.3. The highest BCUT2D eigenvalue weighted by Crippen LogP contribution is 2.26. The van der Waals surface area contributed by atoms with Crippen LogP contribution in [0.2, 0.25) is 0 Å². The van der Waals surface area contributed by atoms with E-state index in [4.69, 9.17) is 27.4 Å². The van der Waals surface area contributed by atoms with Gasteiger partial charge in [0, 0.05) is 65.6 Å². The summed E-state index contributed by atoms with van der Waals surface area (Å²) in [6.45, 7) is 30.8. The van der Waals surface area contributed by atoms with E-state index in [-0.39, 0.29) is 164 Å². The first-order valence-electron chi connectivity index (χ1n) is 29.1. The molecule has 1 aliphatic rings. The van der Waals surface area contributed by atoms with Crippen LogP contribution in [0.15, 0.2) is 65.7 Å². The number of hydrogen-bond acceptors (Lipinski definition) is 20. The fourth-order valence-electron chi connectivity index (χ4n) is 7.08. The molecule has 3 aromatic rings. The first kappa shape index (κ1) is 109. The topological polar surface area (TPSA) is 361 Å². The first-order valence-corrected chi connectivity index (χ1v) is 36.8. The number of ketones is 3. The molecule has 1 aliphatic heterocycles. The Hall–Kier alpha value is -6.22. The van der Waals surface area contributed by atoms with Crippen LogP contribution in [0.5, 0.6) is 0 Å². The number of benzene rings is 3. The number of carbonyl (C=O) groups is 9. The molecule has 25 nitrogen and oxygen atoms in total. The van der Waals surface area contributed by atoms with Gasteiger partial charge in [0.15, 0.2) is 11.5 Å². The molecule has 0 fully saturated rings. The molecule has 0 saturated heterocycles. The maximum Gasteiger partial charge on any atom is 0.398 e. The number of amides is 5. The van der Waals surface area contributed by atoms with E-state index in [1.165, 1.54) is 13.0 Å². The molecule has 3 aromatic carbocycles. The van der Waals surface area contributed by atoms with E-state index < -0.39 is 32.3 Å². The highest BCUT2D eigenvalue weighted by atomic mass is 32.0. The summed E-state index contributed by atoms with van der Waals surface area (Å²) >= 11 is 0. The van der Waals surface area contributed by atoms with E-state index in [1.807, 2.05) is 34.6 Å². The zero-order chi connectivity index (χ0) is 69.9. The number of nitrogens with zero attached hydrogens (tertiary/aromatic N) is 3. The van der Waals surface area contributed by atoms with Gasteiger partial charge < -0.3 is 40.9 Å². The Morgan fingerprint density at radius 1 is 0.526 bits per heavy atom. The number of nitrogens with one attached hydrogen (secondary N) is 5. The van der Waals surface area contributed by atoms with Crippen molar-refractivity contribution < 1.29 is 79.6 Å². The average Bonchev–Trinajstić information content (AvgIpc) is 1.83. The number of hydrogen-bond donors (Lipinski definition) is 5. The Labute approximate surface area is 589 Å². The monoisotopic (exact) mass is 1490 g/mol. The van der Waals surface area contributed by atoms with Gasteiger partial charge in [-0.15, -0.1) is 0 Å². The maximum absolute atomic E-state index is 13.4. The minimum Gasteiger partial charge on any atom is -0.373 e. The summed E-state index contributed by atoms with van der Waals surface area (Å²) in [6.07, 6.45) is 4.46. The number of rotatable bonds is 31. The summed E-state index contributed by atoms with van der Waals surface area (Å²) < 4.78 is 67.5. The van der Waals surface area contributed by atoms with E-state index >= 15 is 0 Å². The summed E-state index contributed by atoms with van der Waals surface area (Å²) in [5.41, 5.74) is 3.31. The molecule has 97 heavy (non-hydrogen) atoms. The minimum absolute atomic E-state index is 0. The van der Waals surface area contributed by atoms with Gasteiger partial charge in [-0.05, 0) is 139 Å². The van der Waals surface area contributed by atoms with Crippen LogP contribution in [-0.4, -0.2) is 121 Å². The largest absolute Gasteiger partial charge is 0.398 e. The summed E-state index contributed by atoms with van der Waals surface area (Å²) in [6, 6.07) is 16.1. The third-order valence-corrected chi connectivity index (χ3v) is 14.5. The molecule has 4 rings (SSSR count). The lowest BCUT2D eigenvalue weighted by molar-refractivity contribution is -0.137. The SMILES string of the molecule is C.C.C.C.C.C.CCC(C)C(=O)OP=O.CCC(C)C(C)=O.CCC(C)C(C)=O.CCN(CC)CCCNC(=O)c1cc(NC(=O)c2ccc(CN=C(C(C)=O)C(=O)Nc3ccc4c(c3)NC(=O)C4)cc2)cc(C(=O)NCCCN(CC)CC)c1.O=PP=O.O=PP=O.O=PP=O. The number of aliphatic imine (C=N–C) groups is 1. The van der Waals surface area contributed by atoms with Crippen LogP contribution in [0.3, 0.4) is 0 Å². The Morgan fingerprint density at radius 3 is 1.28 bits per heavy atom. The van der Waals surface area contributed by atoms with Gasteiger partial charge in [-0.1, -0.05) is 132 Å². The summed E-state index contributed by atoms with van der Waals surface area (Å²) in [7, 11) is -2.57.